The highest BCUT2D eigenvalue weighted by Gasteiger charge is 2.25. The van der Waals surface area contributed by atoms with Crippen molar-refractivity contribution in [3.63, 3.8) is 0 Å². The molecule has 7 nitrogen and oxygen atoms in total. The molecule has 0 bridgehead atoms. The molecule has 8 heteroatoms. The molecule has 0 saturated carbocycles. The second-order valence-electron chi connectivity index (χ2n) is 7.58. The summed E-state index contributed by atoms with van der Waals surface area (Å²) >= 11 is 1.53. The fourth-order valence-corrected chi connectivity index (χ4v) is 3.36. The van der Waals surface area contributed by atoms with E-state index in [1.165, 1.54) is 11.3 Å². The molecule has 0 aliphatic carbocycles. The quantitative estimate of drug-likeness (QED) is 0.695. The van der Waals surface area contributed by atoms with Crippen molar-refractivity contribution in [3.05, 3.63) is 22.4 Å². The first-order valence-electron chi connectivity index (χ1n) is 8.90. The number of carbonyl (C=O) groups excluding carboxylic acids is 3. The Morgan fingerprint density at radius 1 is 1.15 bits per heavy atom. The summed E-state index contributed by atoms with van der Waals surface area (Å²) in [5.74, 6) is -0.933. The predicted octanol–water partition coefficient (Wildman–Crippen LogP) is 1.70. The summed E-state index contributed by atoms with van der Waals surface area (Å²) in [7, 11) is 0. The Morgan fingerprint density at radius 3 is 2.38 bits per heavy atom. The maximum atomic E-state index is 12.1. The van der Waals surface area contributed by atoms with E-state index in [-0.39, 0.29) is 17.5 Å². The molecule has 1 aromatic rings. The lowest BCUT2D eigenvalue weighted by molar-refractivity contribution is -0.139. The van der Waals surface area contributed by atoms with Crippen molar-refractivity contribution < 1.29 is 14.4 Å². The van der Waals surface area contributed by atoms with Gasteiger partial charge in [-0.05, 0) is 51.0 Å². The van der Waals surface area contributed by atoms with Crippen molar-refractivity contribution in [3.8, 4) is 0 Å². The molecular formula is C18H28N4O3S. The zero-order chi connectivity index (χ0) is 19.2. The van der Waals surface area contributed by atoms with Gasteiger partial charge >= 0.3 is 17.8 Å². The number of rotatable bonds is 4. The van der Waals surface area contributed by atoms with Crippen molar-refractivity contribution >= 4 is 29.2 Å². The highest BCUT2D eigenvalue weighted by Crippen LogP contribution is 2.17. The van der Waals surface area contributed by atoms with Crippen LogP contribution in [0.4, 0.5) is 4.79 Å². The van der Waals surface area contributed by atoms with Crippen molar-refractivity contribution in [1.82, 2.24) is 20.9 Å². The largest absolute Gasteiger partial charge is 0.348 e. The number of thiophene rings is 1. The molecule has 0 spiro atoms. The number of amides is 4. The number of hydrogen-bond donors (Lipinski definition) is 3. The third kappa shape index (κ3) is 6.67. The molecule has 1 aromatic heterocycles. The maximum Gasteiger partial charge on any atom is 0.317 e. The van der Waals surface area contributed by atoms with Gasteiger partial charge in [-0.2, -0.15) is 0 Å². The minimum atomic E-state index is -0.611. The molecule has 1 fully saturated rings. The van der Waals surface area contributed by atoms with Crippen molar-refractivity contribution in [2.24, 2.45) is 5.92 Å². The lowest BCUT2D eigenvalue weighted by Crippen LogP contribution is -2.51. The molecule has 1 saturated heterocycles. The van der Waals surface area contributed by atoms with Crippen molar-refractivity contribution in [1.29, 1.82) is 0 Å². The van der Waals surface area contributed by atoms with Crippen LogP contribution in [0, 0.1) is 5.92 Å². The minimum absolute atomic E-state index is 0.0482. The van der Waals surface area contributed by atoms with Crippen molar-refractivity contribution in [2.75, 3.05) is 19.6 Å². The van der Waals surface area contributed by atoms with E-state index in [2.05, 4.69) is 16.0 Å². The summed E-state index contributed by atoms with van der Waals surface area (Å²) < 4.78 is 0. The van der Waals surface area contributed by atoms with E-state index in [1.807, 2.05) is 38.3 Å². The van der Waals surface area contributed by atoms with Gasteiger partial charge in [-0.15, -0.1) is 11.3 Å². The van der Waals surface area contributed by atoms with Gasteiger partial charge in [0, 0.05) is 30.1 Å². The lowest BCUT2D eigenvalue weighted by Gasteiger charge is -2.34. The van der Waals surface area contributed by atoms with Gasteiger partial charge in [-0.3, -0.25) is 9.59 Å². The first-order valence-corrected chi connectivity index (χ1v) is 9.78. The fraction of sp³-hybridized carbons (Fsp3) is 0.611. The van der Waals surface area contributed by atoms with E-state index < -0.39 is 11.8 Å². The van der Waals surface area contributed by atoms with Crippen LogP contribution in [0.5, 0.6) is 0 Å². The summed E-state index contributed by atoms with van der Waals surface area (Å²) in [6.45, 7) is 8.01. The number of nitrogens with zero attached hydrogens (tertiary/aromatic N) is 1. The first-order chi connectivity index (χ1) is 12.2. The second kappa shape index (κ2) is 9.02. The predicted molar refractivity (Wildman–Crippen MR) is 102 cm³/mol. The first kappa shape index (κ1) is 20.2. The molecule has 0 unspecified atom stereocenters. The average molecular weight is 381 g/mol. The van der Waals surface area contributed by atoms with Gasteiger partial charge in [-0.25, -0.2) is 4.79 Å². The highest BCUT2D eigenvalue weighted by atomic mass is 32.1. The van der Waals surface area contributed by atoms with E-state index in [9.17, 15) is 14.4 Å². The van der Waals surface area contributed by atoms with Crippen LogP contribution >= 0.6 is 11.3 Å². The van der Waals surface area contributed by atoms with Gasteiger partial charge in [0.1, 0.15) is 0 Å². The number of carbonyl (C=O) groups is 3. The van der Waals surface area contributed by atoms with Crippen LogP contribution in [0.3, 0.4) is 0 Å². The Labute approximate surface area is 158 Å². The Balaban J connectivity index is 1.65. The number of piperidine rings is 1. The number of hydrogen-bond acceptors (Lipinski definition) is 4. The number of nitrogens with one attached hydrogen (secondary N) is 3. The van der Waals surface area contributed by atoms with Crippen LogP contribution < -0.4 is 16.0 Å². The third-order valence-corrected chi connectivity index (χ3v) is 5.02. The van der Waals surface area contributed by atoms with Gasteiger partial charge in [0.25, 0.3) is 0 Å². The van der Waals surface area contributed by atoms with E-state index in [4.69, 9.17) is 0 Å². The molecule has 144 valence electrons. The van der Waals surface area contributed by atoms with Crippen LogP contribution in [0.1, 0.15) is 38.5 Å². The smallest absolute Gasteiger partial charge is 0.317 e. The summed E-state index contributed by atoms with van der Waals surface area (Å²) in [6, 6.07) is 3.76. The molecule has 0 aromatic carbocycles. The van der Waals surface area contributed by atoms with E-state index in [0.717, 1.165) is 17.7 Å². The summed E-state index contributed by atoms with van der Waals surface area (Å²) in [6.07, 6.45) is 1.63. The normalized spacial score (nSPS) is 15.4. The Kier molecular flexibility index (Phi) is 7.02. The summed E-state index contributed by atoms with van der Waals surface area (Å²) in [5.41, 5.74) is -0.252. The zero-order valence-corrected chi connectivity index (χ0v) is 16.4. The molecule has 1 aliphatic heterocycles. The zero-order valence-electron chi connectivity index (χ0n) is 15.6. The van der Waals surface area contributed by atoms with E-state index >= 15 is 0 Å². The molecule has 0 atom stereocenters. The molecule has 2 rings (SSSR count). The van der Waals surface area contributed by atoms with Crippen molar-refractivity contribution in [2.45, 2.75) is 45.7 Å². The Bertz CT molecular complexity index is 617. The fourth-order valence-electron chi connectivity index (χ4n) is 2.72. The molecule has 2 heterocycles. The topological polar surface area (TPSA) is 90.5 Å². The molecule has 1 aliphatic rings. The van der Waals surface area contributed by atoms with E-state index in [1.54, 1.807) is 4.90 Å². The van der Waals surface area contributed by atoms with Crippen LogP contribution in [0.2, 0.25) is 0 Å². The third-order valence-electron chi connectivity index (χ3n) is 4.14. The van der Waals surface area contributed by atoms with E-state index in [0.29, 0.717) is 26.2 Å². The van der Waals surface area contributed by atoms with Crippen LogP contribution in [-0.2, 0) is 16.1 Å². The highest BCUT2D eigenvalue weighted by molar-refractivity contribution is 7.09. The molecule has 26 heavy (non-hydrogen) atoms. The maximum absolute atomic E-state index is 12.1. The molecule has 3 N–H and O–H groups in total. The van der Waals surface area contributed by atoms with Crippen LogP contribution in [0.25, 0.3) is 0 Å². The Morgan fingerprint density at radius 2 is 1.81 bits per heavy atom. The van der Waals surface area contributed by atoms with Gasteiger partial charge in [0.15, 0.2) is 0 Å². The van der Waals surface area contributed by atoms with Crippen LogP contribution in [-0.4, -0.2) is 47.9 Å². The lowest BCUT2D eigenvalue weighted by atomic mass is 9.97. The summed E-state index contributed by atoms with van der Waals surface area (Å²) in [5, 5.41) is 10.2. The second-order valence-corrected chi connectivity index (χ2v) is 8.61. The van der Waals surface area contributed by atoms with Gasteiger partial charge in [0.2, 0.25) is 0 Å². The van der Waals surface area contributed by atoms with Crippen LogP contribution in [0.15, 0.2) is 17.5 Å². The summed E-state index contributed by atoms with van der Waals surface area (Å²) in [4.78, 5) is 38.6. The number of likely N-dealkylation sites (tertiary alicyclic amines) is 1. The minimum Gasteiger partial charge on any atom is -0.348 e. The average Bonchev–Trinajstić information content (AvgIpc) is 3.10. The van der Waals surface area contributed by atoms with Gasteiger partial charge < -0.3 is 20.9 Å². The molecule has 4 amide bonds. The molecule has 0 radical (unpaired) electrons. The Hall–Kier alpha value is -2.09. The molecular weight excluding hydrogens is 352 g/mol. The number of urea groups is 1. The SMILES string of the molecule is CC(C)(C)NC(=O)N1CCC(CNC(=O)C(=O)NCc2cccs2)CC1. The standard InChI is InChI=1S/C18H28N4O3S/c1-18(2,3)21-17(25)22-8-6-13(7-9-22)11-19-15(23)16(24)20-12-14-5-4-10-26-14/h4-5,10,13H,6-9,11-12H2,1-3H3,(H,19,23)(H,20,24)(H,21,25). The van der Waals surface area contributed by atoms with Gasteiger partial charge in [0.05, 0.1) is 6.54 Å². The monoisotopic (exact) mass is 380 g/mol. The van der Waals surface area contributed by atoms with Gasteiger partial charge in [-0.1, -0.05) is 6.07 Å².